The van der Waals surface area contributed by atoms with E-state index in [0.717, 1.165) is 6.54 Å². The van der Waals surface area contributed by atoms with E-state index in [1.54, 1.807) is 0 Å². The van der Waals surface area contributed by atoms with Crippen molar-refractivity contribution in [2.75, 3.05) is 6.54 Å². The average molecular weight is 217 g/mol. The normalized spacial score (nSPS) is 27.9. The van der Waals surface area contributed by atoms with Gasteiger partial charge in [0.25, 0.3) is 0 Å². The number of rotatable bonds is 4. The summed E-state index contributed by atoms with van der Waals surface area (Å²) < 4.78 is 0. The summed E-state index contributed by atoms with van der Waals surface area (Å²) in [6.45, 7) is 5.12. The fraction of sp³-hybridized carbons (Fsp3) is 0.429. The molecule has 1 aromatic rings. The Morgan fingerprint density at radius 3 is 2.69 bits per heavy atom. The molecule has 4 atom stereocenters. The molecule has 1 aliphatic heterocycles. The second-order valence-electron chi connectivity index (χ2n) is 4.37. The number of hydrogen-bond donors (Lipinski definition) is 1. The first kappa shape index (κ1) is 11.4. The zero-order chi connectivity index (χ0) is 11.5. The summed E-state index contributed by atoms with van der Waals surface area (Å²) in [6.07, 6.45) is 3.45. The largest absolute Gasteiger partial charge is 0.387 e. The standard InChI is InChI=1S/C14H19NO/c1-3-7-14(16)13-10-15(13)11(2)12-8-5-4-6-9-12/h3-9,11,13-14,16H,10H2,1-2H3/b7-3+/t11-,13-,14-,15?/m1/s1. The number of aliphatic hydroxyl groups is 1. The average Bonchev–Trinajstić information content (AvgIpc) is 3.09. The Balaban J connectivity index is 1.97. The summed E-state index contributed by atoms with van der Waals surface area (Å²) in [5.41, 5.74) is 1.32. The topological polar surface area (TPSA) is 23.2 Å². The molecule has 1 aliphatic rings. The van der Waals surface area contributed by atoms with E-state index < -0.39 is 0 Å². The fourth-order valence-corrected chi connectivity index (χ4v) is 2.17. The molecule has 0 amide bonds. The molecule has 1 N–H and O–H groups in total. The SMILES string of the molecule is C/C=C/[C@@H](O)[C@H]1CN1[C@H](C)c1ccccc1. The van der Waals surface area contributed by atoms with E-state index in [1.807, 2.05) is 25.1 Å². The Morgan fingerprint density at radius 1 is 1.38 bits per heavy atom. The quantitative estimate of drug-likeness (QED) is 0.618. The van der Waals surface area contributed by atoms with Crippen LogP contribution in [-0.4, -0.2) is 28.7 Å². The Bertz CT molecular complexity index is 360. The molecule has 1 fully saturated rings. The number of allylic oxidation sites excluding steroid dienone is 1. The fourth-order valence-electron chi connectivity index (χ4n) is 2.17. The van der Waals surface area contributed by atoms with Gasteiger partial charge in [0.05, 0.1) is 12.1 Å². The van der Waals surface area contributed by atoms with Gasteiger partial charge in [0.15, 0.2) is 0 Å². The van der Waals surface area contributed by atoms with Crippen LogP contribution in [0.5, 0.6) is 0 Å². The molecule has 1 aromatic carbocycles. The zero-order valence-corrected chi connectivity index (χ0v) is 9.88. The summed E-state index contributed by atoms with van der Waals surface area (Å²) >= 11 is 0. The first-order valence-electron chi connectivity index (χ1n) is 5.85. The monoisotopic (exact) mass is 217 g/mol. The van der Waals surface area contributed by atoms with Crippen LogP contribution in [0.15, 0.2) is 42.5 Å². The van der Waals surface area contributed by atoms with Crippen molar-refractivity contribution in [3.05, 3.63) is 48.0 Å². The Morgan fingerprint density at radius 2 is 2.06 bits per heavy atom. The minimum atomic E-state index is -0.323. The molecule has 2 heteroatoms. The Kier molecular flexibility index (Phi) is 3.42. The summed E-state index contributed by atoms with van der Waals surface area (Å²) in [7, 11) is 0. The summed E-state index contributed by atoms with van der Waals surface area (Å²) in [5, 5.41) is 9.83. The van der Waals surface area contributed by atoms with Crippen molar-refractivity contribution >= 4 is 0 Å². The van der Waals surface area contributed by atoms with Gasteiger partial charge >= 0.3 is 0 Å². The molecule has 0 radical (unpaired) electrons. The maximum atomic E-state index is 9.83. The Labute approximate surface area is 97.2 Å². The van der Waals surface area contributed by atoms with Crippen molar-refractivity contribution in [3.63, 3.8) is 0 Å². The molecular formula is C14H19NO. The van der Waals surface area contributed by atoms with Gasteiger partial charge in [0.1, 0.15) is 0 Å². The van der Waals surface area contributed by atoms with Crippen molar-refractivity contribution < 1.29 is 5.11 Å². The van der Waals surface area contributed by atoms with Crippen LogP contribution in [0.4, 0.5) is 0 Å². The minimum absolute atomic E-state index is 0.298. The highest BCUT2D eigenvalue weighted by atomic mass is 16.3. The summed E-state index contributed by atoms with van der Waals surface area (Å²) in [5.74, 6) is 0. The molecule has 2 rings (SSSR count). The predicted molar refractivity (Wildman–Crippen MR) is 66.2 cm³/mol. The van der Waals surface area contributed by atoms with Crippen molar-refractivity contribution in [1.82, 2.24) is 4.90 Å². The maximum absolute atomic E-state index is 9.83. The third-order valence-electron chi connectivity index (χ3n) is 3.25. The molecule has 0 aliphatic carbocycles. The smallest absolute Gasteiger partial charge is 0.0888 e. The number of nitrogens with zero attached hydrogens (tertiary/aromatic N) is 1. The number of aliphatic hydroxyl groups excluding tert-OH is 1. The van der Waals surface area contributed by atoms with Gasteiger partial charge in [0, 0.05) is 12.6 Å². The second kappa shape index (κ2) is 4.81. The lowest BCUT2D eigenvalue weighted by Crippen LogP contribution is -2.18. The second-order valence-corrected chi connectivity index (χ2v) is 4.37. The van der Waals surface area contributed by atoms with E-state index in [0.29, 0.717) is 12.1 Å². The lowest BCUT2D eigenvalue weighted by Gasteiger charge is -2.15. The molecular weight excluding hydrogens is 198 g/mol. The van der Waals surface area contributed by atoms with Gasteiger partial charge in [-0.15, -0.1) is 0 Å². The van der Waals surface area contributed by atoms with Crippen molar-refractivity contribution in [3.8, 4) is 0 Å². The third kappa shape index (κ3) is 2.34. The van der Waals surface area contributed by atoms with Crippen LogP contribution in [-0.2, 0) is 0 Å². The first-order chi connectivity index (χ1) is 7.74. The van der Waals surface area contributed by atoms with Gasteiger partial charge in [-0.05, 0) is 19.4 Å². The van der Waals surface area contributed by atoms with Crippen LogP contribution in [0.3, 0.4) is 0 Å². The molecule has 16 heavy (non-hydrogen) atoms. The molecule has 0 aromatic heterocycles. The highest BCUT2D eigenvalue weighted by Gasteiger charge is 2.41. The molecule has 0 spiro atoms. The Hall–Kier alpha value is -1.12. The van der Waals surface area contributed by atoms with Gasteiger partial charge in [-0.1, -0.05) is 42.5 Å². The predicted octanol–water partition coefficient (Wildman–Crippen LogP) is 2.37. The highest BCUT2D eigenvalue weighted by molar-refractivity contribution is 5.21. The van der Waals surface area contributed by atoms with Crippen LogP contribution >= 0.6 is 0 Å². The number of hydrogen-bond acceptors (Lipinski definition) is 2. The minimum Gasteiger partial charge on any atom is -0.387 e. The summed E-state index contributed by atoms with van der Waals surface area (Å²) in [4.78, 5) is 2.32. The zero-order valence-electron chi connectivity index (χ0n) is 9.88. The van der Waals surface area contributed by atoms with E-state index in [4.69, 9.17) is 0 Å². The molecule has 0 bridgehead atoms. The lowest BCUT2D eigenvalue weighted by molar-refractivity contribution is 0.192. The van der Waals surface area contributed by atoms with Crippen LogP contribution in [0, 0.1) is 0 Å². The van der Waals surface area contributed by atoms with Crippen molar-refractivity contribution in [2.24, 2.45) is 0 Å². The van der Waals surface area contributed by atoms with E-state index in [2.05, 4.69) is 36.1 Å². The van der Waals surface area contributed by atoms with Gasteiger partial charge < -0.3 is 5.11 Å². The van der Waals surface area contributed by atoms with E-state index in [9.17, 15) is 5.11 Å². The molecule has 86 valence electrons. The molecule has 1 saturated heterocycles. The van der Waals surface area contributed by atoms with Gasteiger partial charge in [-0.3, -0.25) is 4.90 Å². The third-order valence-corrected chi connectivity index (χ3v) is 3.25. The van der Waals surface area contributed by atoms with Gasteiger partial charge in [0.2, 0.25) is 0 Å². The van der Waals surface area contributed by atoms with Crippen LogP contribution in [0.1, 0.15) is 25.5 Å². The first-order valence-corrected chi connectivity index (χ1v) is 5.85. The van der Waals surface area contributed by atoms with Crippen LogP contribution < -0.4 is 0 Å². The van der Waals surface area contributed by atoms with Crippen molar-refractivity contribution in [1.29, 1.82) is 0 Å². The van der Waals surface area contributed by atoms with E-state index in [1.165, 1.54) is 5.56 Å². The van der Waals surface area contributed by atoms with Gasteiger partial charge in [-0.25, -0.2) is 0 Å². The van der Waals surface area contributed by atoms with Crippen LogP contribution in [0.25, 0.3) is 0 Å². The lowest BCUT2D eigenvalue weighted by atomic mass is 10.1. The molecule has 2 nitrogen and oxygen atoms in total. The molecule has 1 unspecified atom stereocenters. The van der Waals surface area contributed by atoms with E-state index >= 15 is 0 Å². The van der Waals surface area contributed by atoms with Crippen molar-refractivity contribution in [2.45, 2.75) is 32.0 Å². The van der Waals surface area contributed by atoms with Crippen LogP contribution in [0.2, 0.25) is 0 Å². The molecule has 1 heterocycles. The number of benzene rings is 1. The molecule has 0 saturated carbocycles. The maximum Gasteiger partial charge on any atom is 0.0888 e. The highest BCUT2D eigenvalue weighted by Crippen LogP contribution is 2.33. The summed E-state index contributed by atoms with van der Waals surface area (Å²) in [6, 6.07) is 11.1. The van der Waals surface area contributed by atoms with E-state index in [-0.39, 0.29) is 6.10 Å². The van der Waals surface area contributed by atoms with Gasteiger partial charge in [-0.2, -0.15) is 0 Å².